The second kappa shape index (κ2) is 10.2. The van der Waals surface area contributed by atoms with E-state index >= 15 is 0 Å². The van der Waals surface area contributed by atoms with E-state index in [0.717, 1.165) is 48.5 Å². The molecule has 0 atom stereocenters. The van der Waals surface area contributed by atoms with Crippen LogP contribution in [0.5, 0.6) is 0 Å². The van der Waals surface area contributed by atoms with Crippen molar-refractivity contribution in [2.45, 2.75) is 24.7 Å². The van der Waals surface area contributed by atoms with Crippen LogP contribution < -0.4 is 21.9 Å². The van der Waals surface area contributed by atoms with Crippen molar-refractivity contribution in [3.63, 3.8) is 0 Å². The molecule has 0 fully saturated rings. The minimum Gasteiger partial charge on any atom is -0.183 e. The molecule has 0 heterocycles. The molecule has 41 heavy (non-hydrogen) atoms. The lowest BCUT2D eigenvalue weighted by molar-refractivity contribution is -0.137. The molecule has 0 spiro atoms. The highest BCUT2D eigenvalue weighted by Gasteiger charge is 2.49. The molecule has 0 nitrogen and oxygen atoms in total. The van der Waals surface area contributed by atoms with E-state index in [1.165, 1.54) is 0 Å². The lowest BCUT2D eigenvalue weighted by Crippen LogP contribution is -2.78. The molecule has 4 rings (SSSR count). The fraction of sp³-hybridized carbons (Fsp3) is 0.143. The largest absolute Gasteiger partial charge is 0.413 e. The summed E-state index contributed by atoms with van der Waals surface area (Å²) in [5.41, 5.74) is -11.5. The van der Waals surface area contributed by atoms with Gasteiger partial charge in [-0.25, -0.2) is 0 Å². The number of alkyl halides is 12. The lowest BCUT2D eigenvalue weighted by atomic mass is 9.11. The molecule has 0 saturated heterocycles. The highest BCUT2D eigenvalue weighted by atomic mass is 19.4. The van der Waals surface area contributed by atoms with Gasteiger partial charge in [0, 0.05) is 22.3 Å². The van der Waals surface area contributed by atoms with Gasteiger partial charge in [0.2, 0.25) is 0 Å². The summed E-state index contributed by atoms with van der Waals surface area (Å²) < 4.78 is 174. The first-order chi connectivity index (χ1) is 18.9. The average Bonchev–Trinajstić information content (AvgIpc) is 2.88. The fourth-order valence-corrected chi connectivity index (χ4v) is 5.54. The first-order valence-corrected chi connectivity index (χ1v) is 11.7. The monoisotopic (exact) mass is 591 g/mol. The quantitative estimate of drug-likeness (QED) is 0.175. The molecule has 0 aliphatic carbocycles. The van der Waals surface area contributed by atoms with Gasteiger partial charge in [-0.15, -0.1) is 0 Å². The first kappa shape index (κ1) is 30.1. The molecule has 0 bridgehead atoms. The van der Waals surface area contributed by atoms with Gasteiger partial charge in [-0.2, -0.15) is 74.5 Å². The number of halogens is 12. The van der Waals surface area contributed by atoms with E-state index < -0.39 is 75.0 Å². The molecule has 4 aromatic rings. The minimum atomic E-state index is -5.38. The van der Waals surface area contributed by atoms with E-state index in [1.807, 2.05) is 0 Å². The Balaban J connectivity index is 2.46. The van der Waals surface area contributed by atoms with Crippen molar-refractivity contribution in [3.8, 4) is 0 Å². The summed E-state index contributed by atoms with van der Waals surface area (Å²) in [6.07, 6.45) is -26.0. The second-order valence-corrected chi connectivity index (χ2v) is 9.21. The van der Waals surface area contributed by atoms with Crippen molar-refractivity contribution in [1.29, 1.82) is 0 Å². The Labute approximate surface area is 225 Å². The molecule has 0 aliphatic rings. The van der Waals surface area contributed by atoms with Gasteiger partial charge in [-0.05, 0) is 0 Å². The zero-order chi connectivity index (χ0) is 30.4. The zero-order valence-electron chi connectivity index (χ0n) is 20.4. The van der Waals surface area contributed by atoms with Crippen LogP contribution in [-0.4, -0.2) is 6.15 Å². The zero-order valence-corrected chi connectivity index (χ0v) is 20.4. The van der Waals surface area contributed by atoms with Crippen molar-refractivity contribution in [1.82, 2.24) is 0 Å². The smallest absolute Gasteiger partial charge is 0.183 e. The van der Waals surface area contributed by atoms with Crippen molar-refractivity contribution in [2.75, 3.05) is 0 Å². The van der Waals surface area contributed by atoms with Crippen molar-refractivity contribution < 1.29 is 52.7 Å². The SMILES string of the molecule is FC(F)(F)c1ccccc1[B-](c1ccccc1C(F)(F)F)(c1ccccc1C(F)(F)F)c1ccccc1C(F)(F)F. The summed E-state index contributed by atoms with van der Waals surface area (Å²) in [4.78, 5) is 0. The van der Waals surface area contributed by atoms with E-state index in [0.29, 0.717) is 48.5 Å². The van der Waals surface area contributed by atoms with Gasteiger partial charge < -0.3 is 0 Å². The minimum absolute atomic E-state index is 0.411. The molecule has 4 aromatic carbocycles. The van der Waals surface area contributed by atoms with Crippen LogP contribution in [0.4, 0.5) is 52.7 Å². The highest BCUT2D eigenvalue weighted by Crippen LogP contribution is 2.37. The van der Waals surface area contributed by atoms with E-state index in [1.54, 1.807) is 0 Å². The standard InChI is InChI=1S/C28H16BF12/c30-25(31,32)17-9-1-5-13-21(17)29(22-14-6-2-10-18(22)26(33,34)35,23-15-7-3-11-19(23)27(36,37)38)24-16-8-4-12-20(24)28(39,40)41/h1-16H/q-1. The predicted octanol–water partition coefficient (Wildman–Crippen LogP) is 7.14. The molecule has 0 N–H and O–H groups in total. The van der Waals surface area contributed by atoms with Crippen LogP contribution in [-0.2, 0) is 24.7 Å². The van der Waals surface area contributed by atoms with E-state index in [4.69, 9.17) is 0 Å². The number of hydrogen-bond acceptors (Lipinski definition) is 0. The van der Waals surface area contributed by atoms with Crippen LogP contribution in [0.25, 0.3) is 0 Å². The van der Waals surface area contributed by atoms with Crippen molar-refractivity contribution >= 4 is 28.0 Å². The molecular formula is C28H16BF12-. The van der Waals surface area contributed by atoms with Crippen molar-refractivity contribution in [2.24, 2.45) is 0 Å². The van der Waals surface area contributed by atoms with E-state index in [-0.39, 0.29) is 0 Å². The van der Waals surface area contributed by atoms with Crippen LogP contribution in [0.2, 0.25) is 0 Å². The molecule has 0 amide bonds. The maximum Gasteiger partial charge on any atom is 0.413 e. The number of benzene rings is 4. The summed E-state index contributed by atoms with van der Waals surface area (Å²) in [7, 11) is 0. The summed E-state index contributed by atoms with van der Waals surface area (Å²) in [6.45, 7) is 0. The Hall–Kier alpha value is -3.90. The number of rotatable bonds is 4. The summed E-state index contributed by atoms with van der Waals surface area (Å²) in [6, 6.07) is 11.2. The third-order valence-electron chi connectivity index (χ3n) is 6.93. The Morgan fingerprint density at radius 3 is 0.634 bits per heavy atom. The van der Waals surface area contributed by atoms with Crippen LogP contribution in [0.1, 0.15) is 22.3 Å². The Kier molecular flexibility index (Phi) is 7.47. The molecule has 0 unspecified atom stereocenters. The van der Waals surface area contributed by atoms with Crippen LogP contribution in [0, 0.1) is 0 Å². The predicted molar refractivity (Wildman–Crippen MR) is 130 cm³/mol. The molecule has 0 aromatic heterocycles. The van der Waals surface area contributed by atoms with Gasteiger partial charge in [0.05, 0.1) is 0 Å². The van der Waals surface area contributed by atoms with Crippen molar-refractivity contribution in [3.05, 3.63) is 119 Å². The van der Waals surface area contributed by atoms with Gasteiger partial charge in [-0.1, -0.05) is 97.1 Å². The van der Waals surface area contributed by atoms with Gasteiger partial charge in [-0.3, -0.25) is 0 Å². The number of hydrogen-bond donors (Lipinski definition) is 0. The first-order valence-electron chi connectivity index (χ1n) is 11.7. The van der Waals surface area contributed by atoms with Gasteiger partial charge >= 0.3 is 24.7 Å². The van der Waals surface area contributed by atoms with Gasteiger partial charge in [0.15, 0.2) is 0 Å². The van der Waals surface area contributed by atoms with Crippen LogP contribution >= 0.6 is 0 Å². The lowest BCUT2D eigenvalue weighted by Gasteiger charge is -2.48. The maximum atomic E-state index is 14.5. The summed E-state index contributed by atoms with van der Waals surface area (Å²) in [5.74, 6) is 0. The Morgan fingerprint density at radius 2 is 0.463 bits per heavy atom. The molecule has 0 aliphatic heterocycles. The molecule has 13 heteroatoms. The van der Waals surface area contributed by atoms with E-state index in [9.17, 15) is 52.7 Å². The maximum absolute atomic E-state index is 14.5. The van der Waals surface area contributed by atoms with Crippen LogP contribution in [0.3, 0.4) is 0 Å². The summed E-state index contributed by atoms with van der Waals surface area (Å²) in [5, 5.41) is 0. The Morgan fingerprint density at radius 1 is 0.293 bits per heavy atom. The molecule has 0 saturated carbocycles. The molecule has 216 valence electrons. The third-order valence-corrected chi connectivity index (χ3v) is 6.93. The fourth-order valence-electron chi connectivity index (χ4n) is 5.54. The topological polar surface area (TPSA) is 0 Å². The second-order valence-electron chi connectivity index (χ2n) is 9.21. The molecular weight excluding hydrogens is 575 g/mol. The van der Waals surface area contributed by atoms with E-state index in [2.05, 4.69) is 0 Å². The van der Waals surface area contributed by atoms with Crippen LogP contribution in [0.15, 0.2) is 97.1 Å². The summed E-state index contributed by atoms with van der Waals surface area (Å²) >= 11 is 0. The Bertz CT molecular complexity index is 1310. The average molecular weight is 591 g/mol. The van der Waals surface area contributed by atoms with Gasteiger partial charge in [0.1, 0.15) is 6.15 Å². The third kappa shape index (κ3) is 5.41. The normalized spacial score (nSPS) is 13.4. The van der Waals surface area contributed by atoms with Gasteiger partial charge in [0.25, 0.3) is 0 Å². The highest BCUT2D eigenvalue weighted by molar-refractivity contribution is 7.20. The molecule has 0 radical (unpaired) electrons.